The molecule has 0 aromatic rings. The number of carbonyl (C=O) groups is 1. The average molecular weight is 246 g/mol. The van der Waals surface area contributed by atoms with E-state index in [9.17, 15) is 9.18 Å². The summed E-state index contributed by atoms with van der Waals surface area (Å²) in [6, 6.07) is 0.178. The van der Waals surface area contributed by atoms with Gasteiger partial charge in [-0.15, -0.1) is 0 Å². The molecule has 0 atom stereocenters. The van der Waals surface area contributed by atoms with Gasteiger partial charge in [0, 0.05) is 25.7 Å². The molecule has 4 nitrogen and oxygen atoms in total. The van der Waals surface area contributed by atoms with Crippen LogP contribution in [-0.4, -0.2) is 47.9 Å². The molecule has 0 aromatic carbocycles. The minimum Gasteiger partial charge on any atom is -0.444 e. The van der Waals surface area contributed by atoms with Gasteiger partial charge in [-0.2, -0.15) is 0 Å². The van der Waals surface area contributed by atoms with Crippen molar-refractivity contribution in [1.82, 2.24) is 10.2 Å². The lowest BCUT2D eigenvalue weighted by atomic mass is 10.1. The number of alkyl halides is 1. The highest BCUT2D eigenvalue weighted by Crippen LogP contribution is 2.16. The zero-order valence-corrected chi connectivity index (χ0v) is 11.3. The Morgan fingerprint density at radius 3 is 2.29 bits per heavy atom. The third-order valence-corrected chi connectivity index (χ3v) is 2.34. The van der Waals surface area contributed by atoms with Crippen molar-refractivity contribution < 1.29 is 13.9 Å². The second-order valence-corrected chi connectivity index (χ2v) is 6.18. The monoisotopic (exact) mass is 246 g/mol. The van der Waals surface area contributed by atoms with Gasteiger partial charge in [-0.3, -0.25) is 0 Å². The fourth-order valence-electron chi connectivity index (χ4n) is 1.47. The van der Waals surface area contributed by atoms with E-state index in [1.807, 2.05) is 20.8 Å². The lowest BCUT2D eigenvalue weighted by Crippen LogP contribution is -2.61. The number of hydrogen-bond acceptors (Lipinski definition) is 3. The Kier molecular flexibility index (Phi) is 4.02. The average Bonchev–Trinajstić information content (AvgIpc) is 1.94. The smallest absolute Gasteiger partial charge is 0.410 e. The molecule has 1 aliphatic rings. The molecule has 100 valence electrons. The van der Waals surface area contributed by atoms with E-state index in [4.69, 9.17) is 4.74 Å². The molecule has 1 rings (SSSR count). The maximum Gasteiger partial charge on any atom is 0.410 e. The molecule has 1 heterocycles. The molecule has 17 heavy (non-hydrogen) atoms. The Hall–Kier alpha value is -0.840. The number of nitrogens with zero attached hydrogens (tertiary/aromatic N) is 1. The van der Waals surface area contributed by atoms with Crippen molar-refractivity contribution in [2.75, 3.05) is 19.6 Å². The first-order valence-corrected chi connectivity index (χ1v) is 5.97. The summed E-state index contributed by atoms with van der Waals surface area (Å²) in [5.41, 5.74) is -1.68. The van der Waals surface area contributed by atoms with Gasteiger partial charge in [-0.25, -0.2) is 9.18 Å². The molecule has 0 radical (unpaired) electrons. The van der Waals surface area contributed by atoms with E-state index < -0.39 is 11.3 Å². The summed E-state index contributed by atoms with van der Waals surface area (Å²) in [5, 5.41) is 3.08. The normalized spacial score (nSPS) is 17.9. The van der Waals surface area contributed by atoms with E-state index in [2.05, 4.69) is 5.32 Å². The van der Waals surface area contributed by atoms with Crippen LogP contribution in [0.4, 0.5) is 9.18 Å². The molecule has 0 bridgehead atoms. The van der Waals surface area contributed by atoms with Gasteiger partial charge in [0.05, 0.1) is 0 Å². The molecule has 0 aliphatic carbocycles. The molecular formula is C12H23FN2O2. The quantitative estimate of drug-likeness (QED) is 0.827. The summed E-state index contributed by atoms with van der Waals surface area (Å²) >= 11 is 0. The van der Waals surface area contributed by atoms with Gasteiger partial charge < -0.3 is 15.0 Å². The van der Waals surface area contributed by atoms with Crippen molar-refractivity contribution >= 4 is 6.09 Å². The molecule has 1 N–H and O–H groups in total. The summed E-state index contributed by atoms with van der Waals surface area (Å²) in [5.74, 6) is 0. The number of ether oxygens (including phenoxy) is 1. The SMILES string of the molecule is CC(C)(F)CNC1CN(C(=O)OC(C)(C)C)C1. The standard InChI is InChI=1S/C12H23FN2O2/c1-11(2,3)17-10(16)15-6-9(7-15)14-8-12(4,5)13/h9,14H,6-8H2,1-5H3. The lowest BCUT2D eigenvalue weighted by Gasteiger charge is -2.40. The summed E-state index contributed by atoms with van der Waals surface area (Å²) in [6.07, 6.45) is -0.296. The van der Waals surface area contributed by atoms with Crippen LogP contribution in [0.25, 0.3) is 0 Å². The van der Waals surface area contributed by atoms with Crippen LogP contribution in [0.5, 0.6) is 0 Å². The highest BCUT2D eigenvalue weighted by atomic mass is 19.1. The lowest BCUT2D eigenvalue weighted by molar-refractivity contribution is 0.00419. The van der Waals surface area contributed by atoms with E-state index in [0.717, 1.165) is 0 Å². The topological polar surface area (TPSA) is 41.6 Å². The molecule has 0 spiro atoms. The summed E-state index contributed by atoms with van der Waals surface area (Å²) in [7, 11) is 0. The highest BCUT2D eigenvalue weighted by molar-refractivity contribution is 5.69. The Morgan fingerprint density at radius 1 is 1.35 bits per heavy atom. The van der Waals surface area contributed by atoms with Crippen molar-refractivity contribution in [3.05, 3.63) is 0 Å². The molecular weight excluding hydrogens is 223 g/mol. The van der Waals surface area contributed by atoms with E-state index in [0.29, 0.717) is 19.6 Å². The van der Waals surface area contributed by atoms with Crippen LogP contribution < -0.4 is 5.32 Å². The number of nitrogens with one attached hydrogen (secondary N) is 1. The van der Waals surface area contributed by atoms with Gasteiger partial charge in [-0.05, 0) is 34.6 Å². The first kappa shape index (κ1) is 14.2. The van der Waals surface area contributed by atoms with Crippen LogP contribution in [0.3, 0.4) is 0 Å². The zero-order chi connectivity index (χ0) is 13.3. The van der Waals surface area contributed by atoms with E-state index in [-0.39, 0.29) is 12.1 Å². The summed E-state index contributed by atoms with van der Waals surface area (Å²) < 4.78 is 18.4. The van der Waals surface area contributed by atoms with Crippen LogP contribution in [0, 0.1) is 0 Å². The maximum atomic E-state index is 13.2. The van der Waals surface area contributed by atoms with Gasteiger partial charge in [0.1, 0.15) is 11.3 Å². The van der Waals surface area contributed by atoms with Crippen LogP contribution in [0.2, 0.25) is 0 Å². The number of rotatable bonds is 3. The van der Waals surface area contributed by atoms with Crippen LogP contribution in [0.15, 0.2) is 0 Å². The van der Waals surface area contributed by atoms with Gasteiger partial charge in [0.2, 0.25) is 0 Å². The number of halogens is 1. The van der Waals surface area contributed by atoms with Crippen molar-refractivity contribution in [2.45, 2.75) is 51.9 Å². The molecule has 5 heteroatoms. The van der Waals surface area contributed by atoms with Crippen LogP contribution in [0.1, 0.15) is 34.6 Å². The fraction of sp³-hybridized carbons (Fsp3) is 0.917. The molecule has 0 saturated carbocycles. The van der Waals surface area contributed by atoms with Crippen molar-refractivity contribution in [1.29, 1.82) is 0 Å². The molecule has 0 unspecified atom stereocenters. The van der Waals surface area contributed by atoms with Gasteiger partial charge >= 0.3 is 6.09 Å². The minimum atomic E-state index is -1.22. The highest BCUT2D eigenvalue weighted by Gasteiger charge is 2.34. The van der Waals surface area contributed by atoms with Crippen LogP contribution >= 0.6 is 0 Å². The second-order valence-electron chi connectivity index (χ2n) is 6.18. The van der Waals surface area contributed by atoms with Crippen LogP contribution in [-0.2, 0) is 4.74 Å². The number of amides is 1. The van der Waals surface area contributed by atoms with E-state index in [1.54, 1.807) is 4.90 Å². The van der Waals surface area contributed by atoms with E-state index in [1.165, 1.54) is 13.8 Å². The molecule has 1 fully saturated rings. The number of hydrogen-bond donors (Lipinski definition) is 1. The van der Waals surface area contributed by atoms with Gasteiger partial charge in [0.15, 0.2) is 0 Å². The fourth-order valence-corrected chi connectivity index (χ4v) is 1.47. The summed E-state index contributed by atoms with van der Waals surface area (Å²) in [4.78, 5) is 13.2. The summed E-state index contributed by atoms with van der Waals surface area (Å²) in [6.45, 7) is 10.1. The molecule has 0 aromatic heterocycles. The van der Waals surface area contributed by atoms with Crippen molar-refractivity contribution in [3.8, 4) is 0 Å². The first-order chi connectivity index (χ1) is 7.57. The predicted molar refractivity (Wildman–Crippen MR) is 64.8 cm³/mol. The molecule has 1 amide bonds. The largest absolute Gasteiger partial charge is 0.444 e. The Balaban J connectivity index is 2.21. The maximum absolute atomic E-state index is 13.2. The molecule has 1 aliphatic heterocycles. The predicted octanol–water partition coefficient (Wildman–Crippen LogP) is 1.94. The minimum absolute atomic E-state index is 0.178. The third-order valence-electron chi connectivity index (χ3n) is 2.34. The van der Waals surface area contributed by atoms with Crippen molar-refractivity contribution in [2.24, 2.45) is 0 Å². The second kappa shape index (κ2) is 4.80. The Morgan fingerprint density at radius 2 is 1.88 bits per heavy atom. The number of likely N-dealkylation sites (tertiary alicyclic amines) is 1. The van der Waals surface area contributed by atoms with Gasteiger partial charge in [0.25, 0.3) is 0 Å². The van der Waals surface area contributed by atoms with Gasteiger partial charge in [-0.1, -0.05) is 0 Å². The molecule has 1 saturated heterocycles. The first-order valence-electron chi connectivity index (χ1n) is 5.97. The third kappa shape index (κ3) is 5.35. The van der Waals surface area contributed by atoms with Crippen molar-refractivity contribution in [3.63, 3.8) is 0 Å². The Labute approximate surface area is 102 Å². The van der Waals surface area contributed by atoms with E-state index >= 15 is 0 Å². The Bertz CT molecular complexity index is 275. The number of carbonyl (C=O) groups excluding carboxylic acids is 1. The zero-order valence-electron chi connectivity index (χ0n) is 11.3.